The second-order valence-electron chi connectivity index (χ2n) is 4.56. The van der Waals surface area contributed by atoms with Crippen molar-refractivity contribution in [3.05, 3.63) is 23.8 Å². The van der Waals surface area contributed by atoms with Crippen LogP contribution in [0.3, 0.4) is 0 Å². The molecule has 0 aromatic heterocycles. The van der Waals surface area contributed by atoms with Gasteiger partial charge in [0.25, 0.3) is 0 Å². The number of rotatable bonds is 6. The number of nitrogens with zero attached hydrogens (tertiary/aromatic N) is 1. The molecule has 106 valence electrons. The summed E-state index contributed by atoms with van der Waals surface area (Å²) in [5, 5.41) is 0. The van der Waals surface area contributed by atoms with E-state index in [0.29, 0.717) is 18.2 Å². The highest BCUT2D eigenvalue weighted by molar-refractivity contribution is 7.89. The molecule has 0 radical (unpaired) electrons. The van der Waals surface area contributed by atoms with Crippen LogP contribution in [0, 0.1) is 0 Å². The van der Waals surface area contributed by atoms with Gasteiger partial charge >= 0.3 is 0 Å². The number of alkyl halides is 1. The molecule has 0 unspecified atom stereocenters. The van der Waals surface area contributed by atoms with Crippen molar-refractivity contribution in [3.63, 3.8) is 0 Å². The fourth-order valence-corrected chi connectivity index (χ4v) is 4.12. The van der Waals surface area contributed by atoms with Crippen molar-refractivity contribution in [2.45, 2.75) is 36.6 Å². The van der Waals surface area contributed by atoms with Gasteiger partial charge in [-0.2, -0.15) is 4.31 Å². The maximum absolute atomic E-state index is 12.6. The van der Waals surface area contributed by atoms with Gasteiger partial charge in [0.1, 0.15) is 10.6 Å². The van der Waals surface area contributed by atoms with Gasteiger partial charge in [-0.25, -0.2) is 8.42 Å². The Hall–Kier alpha value is -0.780. The highest BCUT2D eigenvalue weighted by Gasteiger charge is 2.38. The van der Waals surface area contributed by atoms with Gasteiger partial charge < -0.3 is 4.74 Å². The van der Waals surface area contributed by atoms with Crippen molar-refractivity contribution < 1.29 is 13.2 Å². The number of hydrogen-bond donors (Lipinski definition) is 0. The first-order valence-electron chi connectivity index (χ1n) is 6.29. The van der Waals surface area contributed by atoms with Gasteiger partial charge in [-0.1, -0.05) is 13.0 Å². The Morgan fingerprint density at radius 1 is 1.42 bits per heavy atom. The second kappa shape index (κ2) is 5.69. The van der Waals surface area contributed by atoms with E-state index < -0.39 is 10.0 Å². The Labute approximate surface area is 119 Å². The lowest BCUT2D eigenvalue weighted by molar-refractivity contribution is 0.390. The van der Waals surface area contributed by atoms with Gasteiger partial charge in [0.15, 0.2) is 0 Å². The summed E-state index contributed by atoms with van der Waals surface area (Å²) in [5.74, 6) is 0.689. The van der Waals surface area contributed by atoms with E-state index in [0.717, 1.165) is 18.4 Å². The average molecular weight is 304 g/mol. The highest BCUT2D eigenvalue weighted by atomic mass is 35.5. The molecule has 2 rings (SSSR count). The molecular weight excluding hydrogens is 286 g/mol. The molecule has 1 aliphatic rings. The van der Waals surface area contributed by atoms with E-state index in [4.69, 9.17) is 16.3 Å². The molecule has 1 aliphatic carbocycles. The van der Waals surface area contributed by atoms with Crippen LogP contribution in [0.4, 0.5) is 0 Å². The molecule has 6 heteroatoms. The maximum Gasteiger partial charge on any atom is 0.246 e. The maximum atomic E-state index is 12.6. The third-order valence-electron chi connectivity index (χ3n) is 3.23. The van der Waals surface area contributed by atoms with Crippen LogP contribution in [-0.4, -0.2) is 32.4 Å². The first-order valence-corrected chi connectivity index (χ1v) is 8.26. The first kappa shape index (κ1) is 14.6. The molecule has 0 N–H and O–H groups in total. The minimum atomic E-state index is -3.49. The Bertz CT molecular complexity index is 555. The van der Waals surface area contributed by atoms with E-state index in [9.17, 15) is 8.42 Å². The largest absolute Gasteiger partial charge is 0.495 e. The molecule has 4 nitrogen and oxygen atoms in total. The molecule has 0 aliphatic heterocycles. The first-order chi connectivity index (χ1) is 9.04. The summed E-state index contributed by atoms with van der Waals surface area (Å²) >= 11 is 5.76. The summed E-state index contributed by atoms with van der Waals surface area (Å²) < 4.78 is 32.0. The molecule has 0 atom stereocenters. The SMILES string of the molecule is CCN(C1CC1)S(=O)(=O)c1ccc(CCl)cc1OC. The average Bonchev–Trinajstić information content (AvgIpc) is 3.23. The van der Waals surface area contributed by atoms with Gasteiger partial charge in [0, 0.05) is 18.5 Å². The van der Waals surface area contributed by atoms with Crippen molar-refractivity contribution in [1.29, 1.82) is 0 Å². The summed E-state index contributed by atoms with van der Waals surface area (Å²) in [5.41, 5.74) is 0.840. The quantitative estimate of drug-likeness (QED) is 0.759. The predicted octanol–water partition coefficient (Wildman–Crippen LogP) is 2.61. The molecule has 0 amide bonds. The van der Waals surface area contributed by atoms with E-state index in [2.05, 4.69) is 0 Å². The van der Waals surface area contributed by atoms with Gasteiger partial charge in [0.2, 0.25) is 10.0 Å². The van der Waals surface area contributed by atoms with Crippen LogP contribution in [0.15, 0.2) is 23.1 Å². The van der Waals surface area contributed by atoms with E-state index >= 15 is 0 Å². The fourth-order valence-electron chi connectivity index (χ4n) is 2.12. The topological polar surface area (TPSA) is 46.6 Å². The van der Waals surface area contributed by atoms with Crippen LogP contribution in [0.5, 0.6) is 5.75 Å². The van der Waals surface area contributed by atoms with E-state index in [-0.39, 0.29) is 10.9 Å². The molecule has 1 aromatic carbocycles. The monoisotopic (exact) mass is 303 g/mol. The van der Waals surface area contributed by atoms with Crippen molar-refractivity contribution in [1.82, 2.24) is 4.31 Å². The highest BCUT2D eigenvalue weighted by Crippen LogP contribution is 2.35. The van der Waals surface area contributed by atoms with Crippen LogP contribution in [0.25, 0.3) is 0 Å². The third-order valence-corrected chi connectivity index (χ3v) is 5.61. The summed E-state index contributed by atoms with van der Waals surface area (Å²) in [6.07, 6.45) is 1.88. The van der Waals surface area contributed by atoms with Gasteiger partial charge in [-0.05, 0) is 30.5 Å². The number of methoxy groups -OCH3 is 1. The molecule has 1 aromatic rings. The lowest BCUT2D eigenvalue weighted by Gasteiger charge is -2.21. The number of benzene rings is 1. The van der Waals surface area contributed by atoms with Crippen LogP contribution in [0.1, 0.15) is 25.3 Å². The number of hydrogen-bond acceptors (Lipinski definition) is 3. The lowest BCUT2D eigenvalue weighted by Crippen LogP contribution is -2.33. The zero-order valence-corrected chi connectivity index (χ0v) is 12.7. The number of sulfonamides is 1. The Morgan fingerprint density at radius 2 is 2.11 bits per heavy atom. The van der Waals surface area contributed by atoms with E-state index in [1.165, 1.54) is 7.11 Å². The van der Waals surface area contributed by atoms with Gasteiger partial charge in [-0.15, -0.1) is 11.6 Å². The Morgan fingerprint density at radius 3 is 2.58 bits per heavy atom. The van der Waals surface area contributed by atoms with Crippen molar-refractivity contribution in [3.8, 4) is 5.75 Å². The van der Waals surface area contributed by atoms with Gasteiger partial charge in [-0.3, -0.25) is 0 Å². The van der Waals surface area contributed by atoms with Crippen molar-refractivity contribution >= 4 is 21.6 Å². The smallest absolute Gasteiger partial charge is 0.246 e. The number of halogens is 1. The van der Waals surface area contributed by atoms with Crippen LogP contribution < -0.4 is 4.74 Å². The summed E-state index contributed by atoms with van der Waals surface area (Å²) in [6.45, 7) is 2.34. The Kier molecular flexibility index (Phi) is 4.38. The number of ether oxygens (including phenoxy) is 1. The van der Waals surface area contributed by atoms with Crippen LogP contribution >= 0.6 is 11.6 Å². The molecule has 0 saturated heterocycles. The van der Waals surface area contributed by atoms with E-state index in [1.807, 2.05) is 6.92 Å². The fraction of sp³-hybridized carbons (Fsp3) is 0.538. The molecule has 0 bridgehead atoms. The molecular formula is C13H18ClNO3S. The minimum absolute atomic E-state index is 0.146. The zero-order chi connectivity index (χ0) is 14.0. The summed E-state index contributed by atoms with van der Waals surface area (Å²) in [7, 11) is -2.02. The van der Waals surface area contributed by atoms with Gasteiger partial charge in [0.05, 0.1) is 7.11 Å². The molecule has 0 heterocycles. The summed E-state index contributed by atoms with van der Waals surface area (Å²) in [4.78, 5) is 0.220. The van der Waals surface area contributed by atoms with E-state index in [1.54, 1.807) is 22.5 Å². The molecule has 1 fully saturated rings. The third kappa shape index (κ3) is 2.88. The molecule has 0 spiro atoms. The normalized spacial score (nSPS) is 15.8. The zero-order valence-electron chi connectivity index (χ0n) is 11.1. The molecule has 19 heavy (non-hydrogen) atoms. The standard InChI is InChI=1S/C13H18ClNO3S/c1-3-15(11-5-6-11)19(16,17)13-7-4-10(9-14)8-12(13)18-2/h4,7-8,11H,3,5-6,9H2,1-2H3. The van der Waals surface area contributed by atoms with Crippen molar-refractivity contribution in [2.75, 3.05) is 13.7 Å². The predicted molar refractivity (Wildman–Crippen MR) is 75.1 cm³/mol. The lowest BCUT2D eigenvalue weighted by atomic mass is 10.2. The van der Waals surface area contributed by atoms with Crippen LogP contribution in [0.2, 0.25) is 0 Å². The second-order valence-corrected chi connectivity index (χ2v) is 6.68. The minimum Gasteiger partial charge on any atom is -0.495 e. The summed E-state index contributed by atoms with van der Waals surface area (Å²) in [6, 6.07) is 5.13. The van der Waals surface area contributed by atoms with Crippen molar-refractivity contribution in [2.24, 2.45) is 0 Å². The molecule has 1 saturated carbocycles. The van der Waals surface area contributed by atoms with Crippen LogP contribution in [-0.2, 0) is 15.9 Å². The Balaban J connectivity index is 2.44.